The Morgan fingerprint density at radius 3 is 2.74 bits per heavy atom. The van der Waals surface area contributed by atoms with Gasteiger partial charge in [-0.1, -0.05) is 6.08 Å². The summed E-state index contributed by atoms with van der Waals surface area (Å²) in [5.74, 6) is 0. The minimum absolute atomic E-state index is 0.410. The highest BCUT2D eigenvalue weighted by molar-refractivity contribution is 9.11. The van der Waals surface area contributed by atoms with E-state index in [1.165, 1.54) is 15.6 Å². The Morgan fingerprint density at radius 2 is 2.26 bits per heavy atom. The molecule has 2 heterocycles. The number of rotatable bonds is 4. The minimum atomic E-state index is -3.38. The van der Waals surface area contributed by atoms with Crippen molar-refractivity contribution in [1.82, 2.24) is 4.31 Å². The topological polar surface area (TPSA) is 46.6 Å². The Kier molecular flexibility index (Phi) is 4.84. The van der Waals surface area contributed by atoms with Crippen LogP contribution in [0.25, 0.3) is 0 Å². The zero-order valence-corrected chi connectivity index (χ0v) is 14.1. The van der Waals surface area contributed by atoms with E-state index < -0.39 is 10.0 Å². The van der Waals surface area contributed by atoms with Crippen molar-refractivity contribution in [3.8, 4) is 0 Å². The molecule has 0 spiro atoms. The van der Waals surface area contributed by atoms with E-state index in [1.807, 2.05) is 13.0 Å². The number of aryl methyl sites for hydroxylation is 1. The Balaban J connectivity index is 2.21. The van der Waals surface area contributed by atoms with Gasteiger partial charge in [-0.05, 0) is 40.9 Å². The number of hydrogen-bond acceptors (Lipinski definition) is 4. The summed E-state index contributed by atoms with van der Waals surface area (Å²) < 4.78 is 32.5. The zero-order valence-electron chi connectivity index (χ0n) is 10.8. The van der Waals surface area contributed by atoms with Crippen molar-refractivity contribution >= 4 is 37.3 Å². The lowest BCUT2D eigenvalue weighted by atomic mass is 10.1. The van der Waals surface area contributed by atoms with Crippen LogP contribution in [0.15, 0.2) is 26.4 Å². The summed E-state index contributed by atoms with van der Waals surface area (Å²) in [4.78, 5) is 1.23. The van der Waals surface area contributed by atoms with Crippen LogP contribution >= 0.6 is 27.3 Å². The molecule has 0 unspecified atom stereocenters. The van der Waals surface area contributed by atoms with Gasteiger partial charge in [0.2, 0.25) is 10.0 Å². The van der Waals surface area contributed by atoms with Crippen LogP contribution in [0.2, 0.25) is 0 Å². The standard InChI is InChI=1S/C12H16BrNO3S2/c1-9-11(7-12(13)18-9)19(15,16)14-5-3-10(4-6-14)8-17-2/h3,7H,4-6,8H2,1-2H3. The summed E-state index contributed by atoms with van der Waals surface area (Å²) in [6, 6.07) is 1.68. The van der Waals surface area contributed by atoms with Crippen molar-refractivity contribution in [3.63, 3.8) is 0 Å². The summed E-state index contributed by atoms with van der Waals surface area (Å²) in [7, 11) is -1.73. The van der Waals surface area contributed by atoms with Crippen LogP contribution in [0.5, 0.6) is 0 Å². The maximum absolute atomic E-state index is 12.5. The molecule has 0 saturated heterocycles. The summed E-state index contributed by atoms with van der Waals surface area (Å²) in [5.41, 5.74) is 1.16. The molecule has 2 rings (SSSR count). The fourth-order valence-corrected chi connectivity index (χ4v) is 5.82. The van der Waals surface area contributed by atoms with Gasteiger partial charge in [0.05, 0.1) is 15.3 Å². The Hall–Kier alpha value is -0.210. The molecule has 0 N–H and O–H groups in total. The molecule has 0 aliphatic carbocycles. The van der Waals surface area contributed by atoms with Crippen LogP contribution in [0, 0.1) is 6.92 Å². The van der Waals surface area contributed by atoms with Crippen LogP contribution in [0.4, 0.5) is 0 Å². The van der Waals surface area contributed by atoms with Crippen LogP contribution in [0.1, 0.15) is 11.3 Å². The summed E-state index contributed by atoms with van der Waals surface area (Å²) in [5, 5.41) is 0. The molecule has 0 bridgehead atoms. The second-order valence-corrected chi connectivity index (χ2v) is 8.92. The maximum atomic E-state index is 12.5. The zero-order chi connectivity index (χ0) is 14.0. The van der Waals surface area contributed by atoms with Gasteiger partial charge in [0, 0.05) is 25.1 Å². The molecule has 1 aromatic heterocycles. The molecule has 0 aromatic carbocycles. The molecule has 1 aliphatic rings. The maximum Gasteiger partial charge on any atom is 0.244 e. The summed E-state index contributed by atoms with van der Waals surface area (Å²) in [6.07, 6.45) is 2.68. The molecule has 4 nitrogen and oxygen atoms in total. The first kappa shape index (κ1) is 15.2. The molecular weight excluding hydrogens is 350 g/mol. The highest BCUT2D eigenvalue weighted by Gasteiger charge is 2.28. The second-order valence-electron chi connectivity index (χ2n) is 4.38. The van der Waals surface area contributed by atoms with Gasteiger partial charge in [-0.2, -0.15) is 4.31 Å². The van der Waals surface area contributed by atoms with Gasteiger partial charge >= 0.3 is 0 Å². The number of ether oxygens (including phenoxy) is 1. The van der Waals surface area contributed by atoms with E-state index in [4.69, 9.17) is 4.74 Å². The Morgan fingerprint density at radius 1 is 1.53 bits per heavy atom. The van der Waals surface area contributed by atoms with Gasteiger partial charge in [-0.25, -0.2) is 8.42 Å². The molecule has 0 atom stereocenters. The van der Waals surface area contributed by atoms with E-state index in [1.54, 1.807) is 13.2 Å². The summed E-state index contributed by atoms with van der Waals surface area (Å²) in [6.45, 7) is 3.35. The van der Waals surface area contributed by atoms with Gasteiger partial charge in [0.25, 0.3) is 0 Å². The number of nitrogens with zero attached hydrogens (tertiary/aromatic N) is 1. The van der Waals surface area contributed by atoms with E-state index in [0.29, 0.717) is 24.6 Å². The first-order valence-corrected chi connectivity index (χ1v) is 8.93. The van der Waals surface area contributed by atoms with Crippen LogP contribution in [-0.2, 0) is 14.8 Å². The van der Waals surface area contributed by atoms with Crippen molar-refractivity contribution in [3.05, 3.63) is 26.4 Å². The second kappa shape index (κ2) is 6.05. The lowest BCUT2D eigenvalue weighted by molar-refractivity contribution is 0.219. The predicted molar refractivity (Wildman–Crippen MR) is 80.1 cm³/mol. The molecule has 0 radical (unpaired) electrons. The number of hydrogen-bond donors (Lipinski definition) is 0. The molecule has 0 fully saturated rings. The molecule has 106 valence electrons. The van der Waals surface area contributed by atoms with Crippen molar-refractivity contribution in [2.75, 3.05) is 26.8 Å². The van der Waals surface area contributed by atoms with Gasteiger partial charge in [0.15, 0.2) is 0 Å². The highest BCUT2D eigenvalue weighted by Crippen LogP contribution is 2.32. The van der Waals surface area contributed by atoms with E-state index in [-0.39, 0.29) is 0 Å². The van der Waals surface area contributed by atoms with E-state index in [0.717, 1.165) is 20.7 Å². The lowest BCUT2D eigenvalue weighted by Gasteiger charge is -2.25. The van der Waals surface area contributed by atoms with Crippen molar-refractivity contribution in [1.29, 1.82) is 0 Å². The molecule has 7 heteroatoms. The molecule has 1 aromatic rings. The van der Waals surface area contributed by atoms with Gasteiger partial charge in [0.1, 0.15) is 0 Å². The smallest absolute Gasteiger partial charge is 0.244 e. The number of thiophene rings is 1. The van der Waals surface area contributed by atoms with Gasteiger partial charge < -0.3 is 4.74 Å². The van der Waals surface area contributed by atoms with E-state index >= 15 is 0 Å². The molecule has 0 amide bonds. The molecule has 19 heavy (non-hydrogen) atoms. The minimum Gasteiger partial charge on any atom is -0.380 e. The average molecular weight is 366 g/mol. The average Bonchev–Trinajstić information content (AvgIpc) is 2.70. The van der Waals surface area contributed by atoms with Crippen molar-refractivity contribution in [2.24, 2.45) is 0 Å². The number of sulfonamides is 1. The quantitative estimate of drug-likeness (QED) is 0.770. The first-order valence-electron chi connectivity index (χ1n) is 5.88. The summed E-state index contributed by atoms with van der Waals surface area (Å²) >= 11 is 4.78. The third-order valence-electron chi connectivity index (χ3n) is 3.06. The fourth-order valence-electron chi connectivity index (χ4n) is 2.05. The third kappa shape index (κ3) is 3.28. The molecule has 0 saturated carbocycles. The third-order valence-corrected chi connectivity index (χ3v) is 6.73. The molecular formula is C12H16BrNO3S2. The SMILES string of the molecule is COCC1=CCN(S(=O)(=O)c2cc(Br)sc2C)CC1. The number of halogens is 1. The Bertz CT molecular complexity index is 592. The number of methoxy groups -OCH3 is 1. The largest absolute Gasteiger partial charge is 0.380 e. The van der Waals surface area contributed by atoms with Gasteiger partial charge in [-0.15, -0.1) is 11.3 Å². The van der Waals surface area contributed by atoms with E-state index in [2.05, 4.69) is 15.9 Å². The Labute approximate surface area is 126 Å². The van der Waals surface area contributed by atoms with Crippen LogP contribution < -0.4 is 0 Å². The van der Waals surface area contributed by atoms with Gasteiger partial charge in [-0.3, -0.25) is 0 Å². The monoisotopic (exact) mass is 365 g/mol. The first-order chi connectivity index (χ1) is 8.95. The fraction of sp³-hybridized carbons (Fsp3) is 0.500. The van der Waals surface area contributed by atoms with Crippen molar-refractivity contribution in [2.45, 2.75) is 18.2 Å². The molecule has 1 aliphatic heterocycles. The van der Waals surface area contributed by atoms with Crippen molar-refractivity contribution < 1.29 is 13.2 Å². The van der Waals surface area contributed by atoms with Crippen LogP contribution in [-0.4, -0.2) is 39.5 Å². The normalized spacial score (nSPS) is 17.5. The highest BCUT2D eigenvalue weighted by atomic mass is 79.9. The van der Waals surface area contributed by atoms with Crippen LogP contribution in [0.3, 0.4) is 0 Å². The predicted octanol–water partition coefficient (Wildman–Crippen LogP) is 2.79. The van der Waals surface area contributed by atoms with E-state index in [9.17, 15) is 8.42 Å². The lowest BCUT2D eigenvalue weighted by Crippen LogP contribution is -2.35.